The maximum Gasteiger partial charge on any atom is 0.275 e. The number of nitrogens with zero attached hydrogens (tertiary/aromatic N) is 3. The van der Waals surface area contributed by atoms with Crippen molar-refractivity contribution in [2.45, 2.75) is 26.3 Å². The summed E-state index contributed by atoms with van der Waals surface area (Å²) in [7, 11) is 0. The molecule has 5 aromatic rings. The highest BCUT2D eigenvalue weighted by atomic mass is 16.1. The van der Waals surface area contributed by atoms with Gasteiger partial charge in [-0.05, 0) is 37.6 Å². The van der Waals surface area contributed by atoms with Crippen molar-refractivity contribution in [1.82, 2.24) is 24.7 Å². The zero-order valence-electron chi connectivity index (χ0n) is 16.2. The molecule has 3 heterocycles. The maximum absolute atomic E-state index is 13.1. The molecular weight excluding hydrogens is 364 g/mol. The van der Waals surface area contributed by atoms with Gasteiger partial charge in [0.1, 0.15) is 5.69 Å². The molecule has 2 aromatic carbocycles. The van der Waals surface area contributed by atoms with Gasteiger partial charge < -0.3 is 15.3 Å². The van der Waals surface area contributed by atoms with Crippen LogP contribution in [0.15, 0.2) is 47.4 Å². The van der Waals surface area contributed by atoms with Crippen LogP contribution in [0.25, 0.3) is 44.1 Å². The van der Waals surface area contributed by atoms with Crippen LogP contribution in [-0.4, -0.2) is 31.3 Å². The van der Waals surface area contributed by atoms with Crippen LogP contribution in [0.1, 0.15) is 19.0 Å². The highest BCUT2D eigenvalue weighted by Gasteiger charge is 2.21. The summed E-state index contributed by atoms with van der Waals surface area (Å²) in [6, 6.07) is 12.0. The zero-order chi connectivity index (χ0) is 20.0. The van der Waals surface area contributed by atoms with E-state index in [1.165, 1.54) is 0 Å². The smallest absolute Gasteiger partial charge is 0.275 e. The van der Waals surface area contributed by atoms with E-state index in [2.05, 4.69) is 38.8 Å². The van der Waals surface area contributed by atoms with Crippen LogP contribution in [0.3, 0.4) is 0 Å². The average molecular weight is 386 g/mol. The molecule has 0 fully saturated rings. The minimum Gasteiger partial charge on any atom is -0.344 e. The van der Waals surface area contributed by atoms with Crippen LogP contribution < -0.4 is 11.3 Å². The summed E-state index contributed by atoms with van der Waals surface area (Å²) in [4.78, 5) is 20.9. The molecule has 3 aromatic heterocycles. The topological polar surface area (TPSA) is 105 Å². The van der Waals surface area contributed by atoms with Crippen molar-refractivity contribution in [2.75, 3.05) is 6.54 Å². The fourth-order valence-electron chi connectivity index (χ4n) is 4.19. The second-order valence-electron chi connectivity index (χ2n) is 7.23. The second-order valence-corrected chi connectivity index (χ2v) is 7.23. The molecule has 0 atom stereocenters. The first-order chi connectivity index (χ1) is 14.2. The predicted molar refractivity (Wildman–Crippen MR) is 116 cm³/mol. The molecule has 4 N–H and O–H groups in total. The lowest BCUT2D eigenvalue weighted by Crippen LogP contribution is -2.13. The molecule has 0 spiro atoms. The largest absolute Gasteiger partial charge is 0.344 e. The van der Waals surface area contributed by atoms with E-state index in [4.69, 9.17) is 10.7 Å². The van der Waals surface area contributed by atoms with Gasteiger partial charge in [0.25, 0.3) is 5.56 Å². The lowest BCUT2D eigenvalue weighted by Gasteiger charge is -2.10. The molecule has 0 aliphatic rings. The quantitative estimate of drug-likeness (QED) is 0.431. The molecule has 7 nitrogen and oxygen atoms in total. The number of H-pyrrole nitrogens is 2. The second kappa shape index (κ2) is 6.86. The molecule has 0 amide bonds. The molecule has 0 saturated heterocycles. The summed E-state index contributed by atoms with van der Waals surface area (Å²) in [6.07, 6.45) is 3.42. The van der Waals surface area contributed by atoms with E-state index in [0.717, 1.165) is 58.0 Å². The van der Waals surface area contributed by atoms with Crippen molar-refractivity contribution in [2.24, 2.45) is 5.73 Å². The Morgan fingerprint density at radius 2 is 2.03 bits per heavy atom. The first kappa shape index (κ1) is 17.6. The Morgan fingerprint density at radius 3 is 2.86 bits per heavy atom. The van der Waals surface area contributed by atoms with Crippen molar-refractivity contribution in [3.63, 3.8) is 0 Å². The van der Waals surface area contributed by atoms with Gasteiger partial charge in [-0.1, -0.05) is 25.1 Å². The summed E-state index contributed by atoms with van der Waals surface area (Å²) in [5.74, 6) is 0. The number of para-hydroxylation sites is 1. The molecule has 0 aliphatic heterocycles. The van der Waals surface area contributed by atoms with Gasteiger partial charge in [0.05, 0.1) is 22.7 Å². The molecular formula is C22H22N6O. The van der Waals surface area contributed by atoms with Crippen molar-refractivity contribution < 1.29 is 0 Å². The van der Waals surface area contributed by atoms with Gasteiger partial charge in [0, 0.05) is 34.1 Å². The summed E-state index contributed by atoms with van der Waals surface area (Å²) >= 11 is 0. The van der Waals surface area contributed by atoms with Crippen molar-refractivity contribution >= 4 is 32.8 Å². The van der Waals surface area contributed by atoms with Crippen LogP contribution in [0.5, 0.6) is 0 Å². The molecule has 29 heavy (non-hydrogen) atoms. The molecule has 7 heteroatoms. The van der Waals surface area contributed by atoms with E-state index in [1.807, 2.05) is 24.3 Å². The molecule has 0 bridgehead atoms. The van der Waals surface area contributed by atoms with Crippen molar-refractivity contribution in [1.29, 1.82) is 0 Å². The highest BCUT2D eigenvalue weighted by molar-refractivity contribution is 5.99. The Labute approximate surface area is 166 Å². The predicted octanol–water partition coefficient (Wildman–Crippen LogP) is 3.33. The van der Waals surface area contributed by atoms with E-state index in [0.29, 0.717) is 17.8 Å². The molecule has 0 radical (unpaired) electrons. The summed E-state index contributed by atoms with van der Waals surface area (Å²) in [6.45, 7) is 3.56. The van der Waals surface area contributed by atoms with Gasteiger partial charge in [-0.15, -0.1) is 0 Å². The fourth-order valence-corrected chi connectivity index (χ4v) is 4.19. The molecule has 146 valence electrons. The van der Waals surface area contributed by atoms with Gasteiger partial charge >= 0.3 is 0 Å². The van der Waals surface area contributed by atoms with Gasteiger partial charge in [0.2, 0.25) is 0 Å². The summed E-state index contributed by atoms with van der Waals surface area (Å²) < 4.78 is 2.28. The Bertz CT molecular complexity index is 1410. The van der Waals surface area contributed by atoms with Crippen LogP contribution >= 0.6 is 0 Å². The van der Waals surface area contributed by atoms with Crippen LogP contribution in [0.2, 0.25) is 0 Å². The highest BCUT2D eigenvalue weighted by Crippen LogP contribution is 2.34. The number of rotatable bonds is 5. The van der Waals surface area contributed by atoms with Gasteiger partial charge in [0.15, 0.2) is 0 Å². The van der Waals surface area contributed by atoms with Crippen molar-refractivity contribution in [3.05, 3.63) is 58.6 Å². The van der Waals surface area contributed by atoms with Crippen molar-refractivity contribution in [3.8, 4) is 11.3 Å². The monoisotopic (exact) mass is 386 g/mol. The number of aromatic nitrogens is 5. The Balaban J connectivity index is 1.82. The standard InChI is InChI=1S/C22H22N6O/c1-2-18-20(14-6-3-4-7-19(14)28(18)9-5-8-23)21-22(29)26-16-10-13-12-24-27-15(13)11-17(16)25-21/h3-4,6-7,10-12H,2,5,8-9,23H2,1H3,(H,24,27)(H,26,29). The van der Waals surface area contributed by atoms with E-state index < -0.39 is 0 Å². The number of hydrogen-bond donors (Lipinski definition) is 3. The number of benzene rings is 2. The fraction of sp³-hybridized carbons (Fsp3) is 0.227. The lowest BCUT2D eigenvalue weighted by molar-refractivity contribution is 0.647. The number of nitrogens with two attached hydrogens (primary N) is 1. The SMILES string of the molecule is CCc1c(-c2nc3cc4[nH]ncc4cc3[nH]c2=O)c2ccccc2n1CCCN. The molecule has 0 aliphatic carbocycles. The maximum atomic E-state index is 13.1. The first-order valence-electron chi connectivity index (χ1n) is 9.89. The number of aryl methyl sites for hydroxylation is 1. The zero-order valence-corrected chi connectivity index (χ0v) is 16.2. The lowest BCUT2D eigenvalue weighted by atomic mass is 10.1. The first-order valence-corrected chi connectivity index (χ1v) is 9.89. The number of fused-ring (bicyclic) bond motifs is 3. The molecule has 5 rings (SSSR count). The minimum atomic E-state index is -0.184. The van der Waals surface area contributed by atoms with Gasteiger partial charge in [-0.2, -0.15) is 5.10 Å². The number of aromatic amines is 2. The number of hydrogen-bond acceptors (Lipinski definition) is 4. The minimum absolute atomic E-state index is 0.184. The Hall–Kier alpha value is -3.45. The summed E-state index contributed by atoms with van der Waals surface area (Å²) in [5.41, 5.74) is 11.5. The Morgan fingerprint density at radius 1 is 1.17 bits per heavy atom. The van der Waals surface area contributed by atoms with E-state index in [9.17, 15) is 4.79 Å². The molecule has 0 unspecified atom stereocenters. The summed E-state index contributed by atoms with van der Waals surface area (Å²) in [5, 5.41) is 9.02. The molecule has 0 saturated carbocycles. The normalized spacial score (nSPS) is 11.8. The van der Waals surface area contributed by atoms with Crippen LogP contribution in [0, 0.1) is 0 Å². The Kier molecular flexibility index (Phi) is 4.17. The third-order valence-electron chi connectivity index (χ3n) is 5.49. The number of nitrogens with one attached hydrogen (secondary N) is 2. The van der Waals surface area contributed by atoms with Crippen LogP contribution in [-0.2, 0) is 13.0 Å². The van der Waals surface area contributed by atoms with E-state index >= 15 is 0 Å². The van der Waals surface area contributed by atoms with Gasteiger partial charge in [-0.25, -0.2) is 4.98 Å². The third kappa shape index (κ3) is 2.74. The third-order valence-corrected chi connectivity index (χ3v) is 5.49. The van der Waals surface area contributed by atoms with Gasteiger partial charge in [-0.3, -0.25) is 9.89 Å². The average Bonchev–Trinajstić information content (AvgIpc) is 3.31. The van der Waals surface area contributed by atoms with E-state index in [1.54, 1.807) is 6.20 Å². The van der Waals surface area contributed by atoms with E-state index in [-0.39, 0.29) is 5.56 Å². The van der Waals surface area contributed by atoms with Crippen LogP contribution in [0.4, 0.5) is 0 Å².